The molecule has 4 rings (SSSR count). The van der Waals surface area contributed by atoms with Crippen molar-refractivity contribution in [2.75, 3.05) is 19.6 Å². The topological polar surface area (TPSA) is 373 Å². The molecule has 1 aromatic carbocycles. The van der Waals surface area contributed by atoms with E-state index in [-0.39, 0.29) is 24.2 Å². The maximum Gasteiger partial charge on any atom is 0.248 e. The minimum atomic E-state index is -2.32. The molecule has 0 radical (unpaired) electrons. The van der Waals surface area contributed by atoms with E-state index in [1.54, 1.807) is 0 Å². The van der Waals surface area contributed by atoms with Gasteiger partial charge in [-0.1, -0.05) is 77.8 Å². The van der Waals surface area contributed by atoms with Crippen LogP contribution in [0.4, 0.5) is 0 Å². The Morgan fingerprint density at radius 1 is 0.743 bits per heavy atom. The smallest absolute Gasteiger partial charge is 0.248 e. The van der Waals surface area contributed by atoms with Crippen molar-refractivity contribution in [3.05, 3.63) is 41.2 Å². The number of fused-ring (bicyclic) bond motifs is 2. The lowest BCUT2D eigenvalue weighted by atomic mass is 9.91. The van der Waals surface area contributed by atoms with Crippen molar-refractivity contribution >= 4 is 41.4 Å². The number of carbonyl (C=O) groups excluding carboxylic acids is 7. The standard InChI is InChI=1S/C50H78N8O16/c1-6-26(2)21-27(3)13-11-9-7-8-10-12-14-37(65)52-32-23-35(63)46(70)56-48(72)41-34(62)19-20-57(41)50(74)39(36(64)24-51-5)54-47(71)40(43(67)42(66)29-15-17-30(60)18-16-29)55-45(69)33-22-31(61)25-58(33)49(73)38(28(4)59)53-44(32)68/h15-18,26-28,31-36,38-43,46,59-64,66-67,70H,6-14,19-25H2,1-4H3,(H,52,65)(H,53,68)(H,54,71)(H,55,69)(H,56,72)/t26-,27+,28+,31+,32-,33-,34-,35+,36+,38-,39-,40-,41-,42-,43-,46+/m0/s1. The third-order valence-corrected chi connectivity index (χ3v) is 14.2. The average molecular weight is 1050 g/mol. The van der Waals surface area contributed by atoms with Gasteiger partial charge in [0, 0.05) is 32.4 Å². The second kappa shape index (κ2) is 29.0. The van der Waals surface area contributed by atoms with Crippen molar-refractivity contribution in [1.29, 1.82) is 0 Å². The molecule has 3 saturated heterocycles. The molecule has 1 aromatic rings. The van der Waals surface area contributed by atoms with Gasteiger partial charge < -0.3 is 87.2 Å². The summed E-state index contributed by atoms with van der Waals surface area (Å²) in [5.74, 6) is -7.16. The number of hydrogen-bond donors (Lipinski definition) is 14. The highest BCUT2D eigenvalue weighted by molar-refractivity contribution is 5.98. The zero-order valence-corrected chi connectivity index (χ0v) is 42.6. The van der Waals surface area contributed by atoms with E-state index in [0.717, 1.165) is 67.4 Å². The summed E-state index contributed by atoms with van der Waals surface area (Å²) in [6.45, 7) is 13.4. The Morgan fingerprint density at radius 2 is 1.35 bits per heavy atom. The van der Waals surface area contributed by atoms with E-state index in [4.69, 9.17) is 6.57 Å². The number of aliphatic hydroxyl groups excluding tert-OH is 8. The number of aromatic hydroxyl groups is 1. The molecule has 0 aliphatic carbocycles. The molecule has 414 valence electrons. The SMILES string of the molecule is [C-]#[N+]C[C@@H](O)[C@@H]1NC(=O)[C@H]([C@H](O)[C@@H](O)c2ccc(O)cc2)NC(=O)[C@@H]2C[C@@H](O)CN2C(=O)[C@H]([C@@H](C)O)NC(=O)[C@@H](NC(=O)CCCCCCCC[C@@H](C)C[C@@H](C)CC)C[C@@H](O)[C@@H](O)NC(=O)[C@@H]2[C@@H](O)CCN2C1=O. The van der Waals surface area contributed by atoms with E-state index in [1.807, 2.05) is 0 Å². The number of hydrogen-bond acceptors (Lipinski definition) is 16. The number of phenols is 1. The zero-order chi connectivity index (χ0) is 55.0. The van der Waals surface area contributed by atoms with Crippen LogP contribution in [0.15, 0.2) is 24.3 Å². The Bertz CT molecular complexity index is 2090. The van der Waals surface area contributed by atoms with E-state index < -0.39 is 159 Å². The second-order valence-corrected chi connectivity index (χ2v) is 20.3. The highest BCUT2D eigenvalue weighted by atomic mass is 16.3. The van der Waals surface area contributed by atoms with E-state index in [2.05, 4.69) is 52.2 Å². The van der Waals surface area contributed by atoms with Crippen LogP contribution in [0.2, 0.25) is 0 Å². The molecule has 0 bridgehead atoms. The molecule has 7 amide bonds. The predicted molar refractivity (Wildman–Crippen MR) is 263 cm³/mol. The molecule has 3 aliphatic heterocycles. The molecule has 3 fully saturated rings. The van der Waals surface area contributed by atoms with Crippen LogP contribution in [0.5, 0.6) is 5.75 Å². The van der Waals surface area contributed by atoms with Gasteiger partial charge >= 0.3 is 0 Å². The molecule has 14 N–H and O–H groups in total. The van der Waals surface area contributed by atoms with Gasteiger partial charge in [0.2, 0.25) is 47.9 Å². The number of benzene rings is 1. The molecule has 16 atom stereocenters. The number of nitrogens with zero attached hydrogens (tertiary/aromatic N) is 3. The average Bonchev–Trinajstić information content (AvgIpc) is 3.95. The van der Waals surface area contributed by atoms with Crippen LogP contribution in [0.25, 0.3) is 4.85 Å². The first-order valence-electron chi connectivity index (χ1n) is 25.7. The van der Waals surface area contributed by atoms with Crippen molar-refractivity contribution in [2.24, 2.45) is 11.8 Å². The van der Waals surface area contributed by atoms with Gasteiger partial charge in [-0.3, -0.25) is 33.6 Å². The van der Waals surface area contributed by atoms with Crippen LogP contribution < -0.4 is 26.6 Å². The fourth-order valence-corrected chi connectivity index (χ4v) is 9.67. The molecule has 3 heterocycles. The van der Waals surface area contributed by atoms with E-state index in [0.29, 0.717) is 24.7 Å². The number of nitrogens with one attached hydrogen (secondary N) is 5. The monoisotopic (exact) mass is 1050 g/mol. The van der Waals surface area contributed by atoms with Gasteiger partial charge in [0.15, 0.2) is 12.3 Å². The normalized spacial score (nSPS) is 29.2. The van der Waals surface area contributed by atoms with Gasteiger partial charge in [-0.15, -0.1) is 0 Å². The summed E-state index contributed by atoms with van der Waals surface area (Å²) in [4.78, 5) is 103. The first kappa shape index (κ1) is 61.0. The number of phenolic OH excluding ortho intramolecular Hbond substituents is 1. The second-order valence-electron chi connectivity index (χ2n) is 20.3. The molecule has 0 spiro atoms. The largest absolute Gasteiger partial charge is 0.508 e. The number of carbonyl (C=O) groups is 7. The summed E-state index contributed by atoms with van der Waals surface area (Å²) in [6, 6.07) is -7.06. The van der Waals surface area contributed by atoms with Crippen LogP contribution in [-0.4, -0.2) is 196 Å². The van der Waals surface area contributed by atoms with Crippen molar-refractivity contribution in [3.8, 4) is 5.75 Å². The quantitative estimate of drug-likeness (QED) is 0.0512. The fourth-order valence-electron chi connectivity index (χ4n) is 9.67. The van der Waals surface area contributed by atoms with Gasteiger partial charge in [0.05, 0.1) is 18.3 Å². The molecule has 24 nitrogen and oxygen atoms in total. The van der Waals surface area contributed by atoms with E-state index in [1.165, 1.54) is 18.6 Å². The summed E-state index contributed by atoms with van der Waals surface area (Å²) in [5.41, 5.74) is -0.0933. The highest BCUT2D eigenvalue weighted by Crippen LogP contribution is 2.26. The third kappa shape index (κ3) is 17.0. The maximum absolute atomic E-state index is 14.3. The van der Waals surface area contributed by atoms with Gasteiger partial charge in [0.25, 0.3) is 0 Å². The summed E-state index contributed by atoms with van der Waals surface area (Å²) in [7, 11) is 0. The van der Waals surface area contributed by atoms with Gasteiger partial charge in [-0.25, -0.2) is 6.57 Å². The van der Waals surface area contributed by atoms with Crippen LogP contribution in [0.3, 0.4) is 0 Å². The highest BCUT2D eigenvalue weighted by Gasteiger charge is 2.49. The molecule has 0 aromatic heterocycles. The molecule has 0 saturated carbocycles. The lowest BCUT2D eigenvalue weighted by molar-refractivity contribution is -0.148. The van der Waals surface area contributed by atoms with Gasteiger partial charge in [-0.05, 0) is 55.7 Å². The summed E-state index contributed by atoms with van der Waals surface area (Å²) < 4.78 is 0. The van der Waals surface area contributed by atoms with Crippen molar-refractivity contribution in [2.45, 2.75) is 196 Å². The first-order chi connectivity index (χ1) is 35.0. The van der Waals surface area contributed by atoms with E-state index >= 15 is 0 Å². The molecular formula is C50H78N8O16. The first-order valence-corrected chi connectivity index (χ1v) is 25.7. The number of rotatable bonds is 19. The lowest BCUT2D eigenvalue weighted by Crippen LogP contribution is -2.64. The Kier molecular flexibility index (Phi) is 23.9. The molecule has 3 aliphatic rings. The van der Waals surface area contributed by atoms with Crippen molar-refractivity contribution in [3.63, 3.8) is 0 Å². The maximum atomic E-state index is 14.3. The number of aliphatic hydroxyl groups is 8. The van der Waals surface area contributed by atoms with Gasteiger partial charge in [0.1, 0.15) is 60.3 Å². The van der Waals surface area contributed by atoms with Crippen LogP contribution in [0.1, 0.15) is 123 Å². The zero-order valence-electron chi connectivity index (χ0n) is 42.6. The van der Waals surface area contributed by atoms with Crippen LogP contribution >= 0.6 is 0 Å². The Morgan fingerprint density at radius 3 is 1.99 bits per heavy atom. The van der Waals surface area contributed by atoms with Crippen LogP contribution in [-0.2, 0) is 33.6 Å². The van der Waals surface area contributed by atoms with Crippen molar-refractivity contribution < 1.29 is 79.5 Å². The molecule has 0 unspecified atom stereocenters. The Balaban J connectivity index is 1.68. The minimum absolute atomic E-state index is 0.0691. The van der Waals surface area contributed by atoms with Crippen molar-refractivity contribution in [1.82, 2.24) is 36.4 Å². The Hall–Kier alpha value is -5.52. The molecule has 74 heavy (non-hydrogen) atoms. The fraction of sp³-hybridized carbons (Fsp3) is 0.720. The predicted octanol–water partition coefficient (Wildman–Crippen LogP) is -2.30. The lowest BCUT2D eigenvalue weighted by Gasteiger charge is -2.34. The third-order valence-electron chi connectivity index (χ3n) is 14.2. The van der Waals surface area contributed by atoms with E-state index in [9.17, 15) is 79.5 Å². The number of unbranched alkanes of at least 4 members (excludes halogenated alkanes) is 5. The summed E-state index contributed by atoms with van der Waals surface area (Å²) >= 11 is 0. The molecular weight excluding hydrogens is 969 g/mol. The summed E-state index contributed by atoms with van der Waals surface area (Å²) in [6.07, 6.45) is -8.69. The minimum Gasteiger partial charge on any atom is -0.508 e. The van der Waals surface area contributed by atoms with Crippen LogP contribution in [0, 0.1) is 18.4 Å². The molecule has 24 heteroatoms. The number of amides is 7. The Labute approximate surface area is 431 Å². The van der Waals surface area contributed by atoms with Gasteiger partial charge in [-0.2, -0.15) is 0 Å². The summed E-state index contributed by atoms with van der Waals surface area (Å²) in [5, 5.41) is 110.